The van der Waals surface area contributed by atoms with Crippen LogP contribution in [-0.2, 0) is 6.42 Å². The number of hydrogen-bond donors (Lipinski definition) is 1. The minimum absolute atomic E-state index is 0. The van der Waals surface area contributed by atoms with Crippen LogP contribution in [0.25, 0.3) is 0 Å². The zero-order chi connectivity index (χ0) is 11.4. The molecule has 3 nitrogen and oxygen atoms in total. The molecular formula is C12H23Cl2N3S. The van der Waals surface area contributed by atoms with Gasteiger partial charge in [-0.1, -0.05) is 0 Å². The lowest BCUT2D eigenvalue weighted by molar-refractivity contribution is 0.327. The van der Waals surface area contributed by atoms with Gasteiger partial charge in [0.15, 0.2) is 0 Å². The predicted molar refractivity (Wildman–Crippen MR) is 83.5 cm³/mol. The van der Waals surface area contributed by atoms with Crippen molar-refractivity contribution in [3.8, 4) is 0 Å². The molecule has 1 N–H and O–H groups in total. The van der Waals surface area contributed by atoms with Crippen LogP contribution >= 0.6 is 36.2 Å². The molecule has 18 heavy (non-hydrogen) atoms. The third kappa shape index (κ3) is 5.02. The zero-order valence-corrected chi connectivity index (χ0v) is 13.5. The summed E-state index contributed by atoms with van der Waals surface area (Å²) in [5.74, 6) is 0.854. The molecule has 6 heteroatoms. The van der Waals surface area contributed by atoms with Gasteiger partial charge in [0, 0.05) is 18.0 Å². The van der Waals surface area contributed by atoms with Crippen molar-refractivity contribution in [3.63, 3.8) is 0 Å². The van der Waals surface area contributed by atoms with Crippen molar-refractivity contribution in [1.29, 1.82) is 0 Å². The standard InChI is InChI=1S/C12H21N3S.2ClH/c1-10-12(16-9-14-10)4-6-15-5-3-11(8-15)7-13-2;;/h9,11,13H,3-8H2,1-2H3;2*1H. The molecule has 1 saturated heterocycles. The van der Waals surface area contributed by atoms with E-state index in [9.17, 15) is 0 Å². The highest BCUT2D eigenvalue weighted by molar-refractivity contribution is 7.09. The highest BCUT2D eigenvalue weighted by Gasteiger charge is 2.21. The maximum atomic E-state index is 4.30. The summed E-state index contributed by atoms with van der Waals surface area (Å²) in [5.41, 5.74) is 3.18. The molecule has 0 aromatic carbocycles. The van der Waals surface area contributed by atoms with E-state index in [2.05, 4.69) is 22.1 Å². The molecule has 0 spiro atoms. The van der Waals surface area contributed by atoms with Crippen molar-refractivity contribution in [3.05, 3.63) is 16.1 Å². The number of nitrogens with zero attached hydrogens (tertiary/aromatic N) is 2. The fourth-order valence-electron chi connectivity index (χ4n) is 2.40. The van der Waals surface area contributed by atoms with Gasteiger partial charge >= 0.3 is 0 Å². The van der Waals surface area contributed by atoms with Gasteiger partial charge in [-0.2, -0.15) is 0 Å². The maximum absolute atomic E-state index is 4.30. The quantitative estimate of drug-likeness (QED) is 0.905. The third-order valence-corrected chi connectivity index (χ3v) is 4.36. The Morgan fingerprint density at radius 3 is 2.89 bits per heavy atom. The number of aromatic nitrogens is 1. The van der Waals surface area contributed by atoms with E-state index in [1.54, 1.807) is 11.3 Å². The molecular weight excluding hydrogens is 289 g/mol. The van der Waals surface area contributed by atoms with Crippen molar-refractivity contribution >= 4 is 36.2 Å². The fraction of sp³-hybridized carbons (Fsp3) is 0.750. The Morgan fingerprint density at radius 2 is 2.28 bits per heavy atom. The minimum atomic E-state index is 0. The Labute approximate surface area is 126 Å². The van der Waals surface area contributed by atoms with Crippen LogP contribution < -0.4 is 5.32 Å². The van der Waals surface area contributed by atoms with E-state index in [0.717, 1.165) is 12.5 Å². The van der Waals surface area contributed by atoms with Crippen molar-refractivity contribution in [2.24, 2.45) is 5.92 Å². The minimum Gasteiger partial charge on any atom is -0.319 e. The smallest absolute Gasteiger partial charge is 0.0797 e. The lowest BCUT2D eigenvalue weighted by atomic mass is 10.1. The molecule has 0 aliphatic carbocycles. The Hall–Kier alpha value is 0.130. The van der Waals surface area contributed by atoms with Gasteiger partial charge in [-0.3, -0.25) is 0 Å². The topological polar surface area (TPSA) is 28.2 Å². The van der Waals surface area contributed by atoms with E-state index >= 15 is 0 Å². The third-order valence-electron chi connectivity index (χ3n) is 3.36. The van der Waals surface area contributed by atoms with Crippen molar-refractivity contribution < 1.29 is 0 Å². The van der Waals surface area contributed by atoms with Gasteiger partial charge in [0.05, 0.1) is 11.2 Å². The molecule has 106 valence electrons. The van der Waals surface area contributed by atoms with Crippen molar-refractivity contribution in [1.82, 2.24) is 15.2 Å². The number of likely N-dealkylation sites (tertiary alicyclic amines) is 1. The first-order valence-corrected chi connectivity index (χ1v) is 6.93. The van der Waals surface area contributed by atoms with Gasteiger partial charge in [-0.15, -0.1) is 36.2 Å². The van der Waals surface area contributed by atoms with Crippen LogP contribution in [0.2, 0.25) is 0 Å². The summed E-state index contributed by atoms with van der Waals surface area (Å²) in [6, 6.07) is 0. The number of nitrogens with one attached hydrogen (secondary N) is 1. The Kier molecular flexibility index (Phi) is 9.17. The number of halogens is 2. The van der Waals surface area contributed by atoms with Gasteiger partial charge in [-0.25, -0.2) is 4.98 Å². The average molecular weight is 312 g/mol. The van der Waals surface area contributed by atoms with E-state index in [-0.39, 0.29) is 24.8 Å². The number of aryl methyl sites for hydroxylation is 1. The summed E-state index contributed by atoms with van der Waals surface area (Å²) in [4.78, 5) is 8.34. The fourth-order valence-corrected chi connectivity index (χ4v) is 3.17. The van der Waals surface area contributed by atoms with Gasteiger partial charge in [0.25, 0.3) is 0 Å². The summed E-state index contributed by atoms with van der Waals surface area (Å²) in [7, 11) is 2.04. The first-order valence-electron chi connectivity index (χ1n) is 6.05. The highest BCUT2D eigenvalue weighted by atomic mass is 35.5. The molecule has 1 aromatic heterocycles. The van der Waals surface area contributed by atoms with Crippen molar-refractivity contribution in [2.75, 3.05) is 33.2 Å². The summed E-state index contributed by atoms with van der Waals surface area (Å²) in [5, 5.41) is 3.27. The Bertz CT molecular complexity index is 333. The monoisotopic (exact) mass is 311 g/mol. The second kappa shape index (κ2) is 9.10. The summed E-state index contributed by atoms with van der Waals surface area (Å²) < 4.78 is 0. The van der Waals surface area contributed by atoms with Crippen LogP contribution in [0, 0.1) is 12.8 Å². The first kappa shape index (κ1) is 18.1. The van der Waals surface area contributed by atoms with Gasteiger partial charge in [-0.05, 0) is 45.8 Å². The normalized spacial score (nSPS) is 19.3. The van der Waals surface area contributed by atoms with Crippen LogP contribution in [0.4, 0.5) is 0 Å². The van der Waals surface area contributed by atoms with Crippen LogP contribution in [0.1, 0.15) is 17.0 Å². The SMILES string of the molecule is CNCC1CCN(CCc2scnc2C)C1.Cl.Cl. The number of hydrogen-bond acceptors (Lipinski definition) is 4. The molecule has 0 saturated carbocycles. The van der Waals surface area contributed by atoms with E-state index < -0.39 is 0 Å². The summed E-state index contributed by atoms with van der Waals surface area (Å²) >= 11 is 1.79. The molecule has 0 bridgehead atoms. The van der Waals surface area contributed by atoms with Crippen LogP contribution in [-0.4, -0.2) is 43.1 Å². The molecule has 2 rings (SSSR count). The highest BCUT2D eigenvalue weighted by Crippen LogP contribution is 2.18. The van der Waals surface area contributed by atoms with Gasteiger partial charge in [0.1, 0.15) is 0 Å². The molecule has 1 atom stereocenters. The number of thiazole rings is 1. The average Bonchev–Trinajstić information content (AvgIpc) is 2.86. The van der Waals surface area contributed by atoms with Crippen LogP contribution in [0.5, 0.6) is 0 Å². The molecule has 1 fully saturated rings. The zero-order valence-electron chi connectivity index (χ0n) is 11.0. The second-order valence-electron chi connectivity index (χ2n) is 4.62. The van der Waals surface area contributed by atoms with Crippen molar-refractivity contribution in [2.45, 2.75) is 19.8 Å². The van der Waals surface area contributed by atoms with E-state index in [1.165, 1.54) is 43.0 Å². The molecule has 0 amide bonds. The predicted octanol–water partition coefficient (Wildman–Crippen LogP) is 2.38. The van der Waals surface area contributed by atoms with Crippen LogP contribution in [0.3, 0.4) is 0 Å². The van der Waals surface area contributed by atoms with Crippen LogP contribution in [0.15, 0.2) is 5.51 Å². The second-order valence-corrected chi connectivity index (χ2v) is 5.56. The molecule has 0 radical (unpaired) electrons. The van der Waals surface area contributed by atoms with E-state index in [0.29, 0.717) is 0 Å². The summed E-state index contributed by atoms with van der Waals surface area (Å²) in [6.45, 7) is 7.00. The molecule has 1 aliphatic rings. The molecule has 1 aromatic rings. The lowest BCUT2D eigenvalue weighted by Gasteiger charge is -2.15. The number of rotatable bonds is 5. The van der Waals surface area contributed by atoms with Gasteiger partial charge in [0.2, 0.25) is 0 Å². The first-order chi connectivity index (χ1) is 7.79. The molecule has 1 unspecified atom stereocenters. The maximum Gasteiger partial charge on any atom is 0.0797 e. The van der Waals surface area contributed by atoms with E-state index in [1.807, 2.05) is 12.6 Å². The summed E-state index contributed by atoms with van der Waals surface area (Å²) in [6.07, 6.45) is 2.52. The Morgan fingerprint density at radius 1 is 1.50 bits per heavy atom. The van der Waals surface area contributed by atoms with Gasteiger partial charge < -0.3 is 10.2 Å². The van der Waals surface area contributed by atoms with E-state index in [4.69, 9.17) is 0 Å². The largest absolute Gasteiger partial charge is 0.319 e. The lowest BCUT2D eigenvalue weighted by Crippen LogP contribution is -2.26. The molecule has 2 heterocycles. The Balaban J connectivity index is 0.00000144. The molecule has 1 aliphatic heterocycles.